The van der Waals surface area contributed by atoms with Gasteiger partial charge in [-0.15, -0.1) is 0 Å². The molecule has 1 aliphatic heterocycles. The Labute approximate surface area is 93.9 Å². The highest BCUT2D eigenvalue weighted by molar-refractivity contribution is 6.39. The lowest BCUT2D eigenvalue weighted by Gasteiger charge is -2.33. The van der Waals surface area contributed by atoms with Crippen molar-refractivity contribution in [3.05, 3.63) is 0 Å². The zero-order valence-corrected chi connectivity index (χ0v) is 9.11. The first-order valence-electron chi connectivity index (χ1n) is 5.76. The summed E-state index contributed by atoms with van der Waals surface area (Å²) in [6.07, 6.45) is 4.50. The minimum absolute atomic E-state index is 0.0242. The highest BCUT2D eigenvalue weighted by Crippen LogP contribution is 2.24. The number of nitrogens with zero attached hydrogens (tertiary/aromatic N) is 1. The number of hydrogen-bond acceptors (Lipinski definition) is 3. The van der Waals surface area contributed by atoms with E-state index in [0.29, 0.717) is 5.71 Å². The number of aliphatic imine (C=N–C) groups is 1. The van der Waals surface area contributed by atoms with Crippen LogP contribution in [0.15, 0.2) is 4.99 Å². The zero-order valence-electron chi connectivity index (χ0n) is 9.11. The van der Waals surface area contributed by atoms with E-state index in [1.165, 1.54) is 0 Å². The number of rotatable bonds is 3. The van der Waals surface area contributed by atoms with E-state index in [0.717, 1.165) is 25.7 Å². The summed E-state index contributed by atoms with van der Waals surface area (Å²) in [5.41, 5.74) is 0.408. The SMILES string of the molecule is O=C(O)CCC1=N[C@@H]2CCCC[C@H]2NC1=O. The Kier molecular flexibility index (Phi) is 3.22. The van der Waals surface area contributed by atoms with Crippen LogP contribution in [0.5, 0.6) is 0 Å². The fourth-order valence-electron chi connectivity index (χ4n) is 2.35. The summed E-state index contributed by atoms with van der Waals surface area (Å²) in [6, 6.07) is 0.352. The van der Waals surface area contributed by atoms with Crippen LogP contribution in [-0.4, -0.2) is 34.8 Å². The number of carbonyl (C=O) groups excluding carboxylic acids is 1. The molecule has 5 heteroatoms. The summed E-state index contributed by atoms with van der Waals surface area (Å²) in [7, 11) is 0. The number of nitrogens with one attached hydrogen (secondary N) is 1. The summed E-state index contributed by atoms with van der Waals surface area (Å²) in [4.78, 5) is 26.5. The second-order valence-electron chi connectivity index (χ2n) is 4.40. The molecule has 0 unspecified atom stereocenters. The van der Waals surface area contributed by atoms with Crippen LogP contribution in [0.4, 0.5) is 0 Å². The number of carbonyl (C=O) groups is 2. The lowest BCUT2D eigenvalue weighted by molar-refractivity contribution is -0.136. The van der Waals surface area contributed by atoms with E-state index in [2.05, 4.69) is 10.3 Å². The van der Waals surface area contributed by atoms with Gasteiger partial charge in [-0.3, -0.25) is 14.6 Å². The fourth-order valence-corrected chi connectivity index (χ4v) is 2.35. The minimum atomic E-state index is -0.888. The van der Waals surface area contributed by atoms with E-state index in [1.54, 1.807) is 0 Å². The van der Waals surface area contributed by atoms with Crippen molar-refractivity contribution in [2.75, 3.05) is 0 Å². The largest absolute Gasteiger partial charge is 0.481 e. The number of fused-ring (bicyclic) bond motifs is 1. The Bertz CT molecular complexity index is 338. The van der Waals surface area contributed by atoms with Gasteiger partial charge in [0, 0.05) is 6.42 Å². The van der Waals surface area contributed by atoms with Gasteiger partial charge in [0.1, 0.15) is 5.71 Å². The predicted molar refractivity (Wildman–Crippen MR) is 58.5 cm³/mol. The number of carboxylic acids is 1. The number of carboxylic acid groups (broad SMARTS) is 1. The quantitative estimate of drug-likeness (QED) is 0.741. The first-order chi connectivity index (χ1) is 7.66. The van der Waals surface area contributed by atoms with E-state index in [-0.39, 0.29) is 30.8 Å². The Hall–Kier alpha value is -1.39. The highest BCUT2D eigenvalue weighted by Gasteiger charge is 2.32. The minimum Gasteiger partial charge on any atom is -0.481 e. The Morgan fingerprint density at radius 3 is 2.94 bits per heavy atom. The molecule has 2 N–H and O–H groups in total. The number of amides is 1. The van der Waals surface area contributed by atoms with E-state index in [9.17, 15) is 9.59 Å². The normalized spacial score (nSPS) is 29.0. The molecule has 0 aromatic rings. The summed E-state index contributed by atoms with van der Waals surface area (Å²) in [5.74, 6) is -1.06. The molecule has 0 aromatic heterocycles. The third kappa shape index (κ3) is 2.40. The molecule has 0 radical (unpaired) electrons. The van der Waals surface area contributed by atoms with Crippen molar-refractivity contribution in [2.24, 2.45) is 4.99 Å². The molecule has 16 heavy (non-hydrogen) atoms. The van der Waals surface area contributed by atoms with Crippen molar-refractivity contribution in [2.45, 2.75) is 50.6 Å². The van der Waals surface area contributed by atoms with Gasteiger partial charge in [0.15, 0.2) is 0 Å². The summed E-state index contributed by atoms with van der Waals surface area (Å²) < 4.78 is 0. The van der Waals surface area contributed by atoms with E-state index >= 15 is 0 Å². The number of hydrogen-bond donors (Lipinski definition) is 2. The fraction of sp³-hybridized carbons (Fsp3) is 0.727. The predicted octanol–water partition coefficient (Wildman–Crippen LogP) is 0.733. The second-order valence-corrected chi connectivity index (χ2v) is 4.40. The molecule has 2 atom stereocenters. The average molecular weight is 224 g/mol. The second kappa shape index (κ2) is 4.63. The molecule has 1 heterocycles. The first kappa shape index (κ1) is 11.1. The molecule has 0 bridgehead atoms. The summed E-state index contributed by atoms with van der Waals surface area (Å²) in [5, 5.41) is 11.5. The molecule has 1 amide bonds. The standard InChI is InChI=1S/C11H16N2O3/c14-10(15)6-5-9-11(16)13-8-4-2-1-3-7(8)12-9/h7-8H,1-6H2,(H,13,16)(H,14,15)/t7-,8-/m1/s1. The van der Waals surface area contributed by atoms with Gasteiger partial charge in [0.05, 0.1) is 18.5 Å². The Morgan fingerprint density at radius 2 is 2.19 bits per heavy atom. The zero-order chi connectivity index (χ0) is 11.5. The smallest absolute Gasteiger partial charge is 0.303 e. The van der Waals surface area contributed by atoms with Crippen molar-refractivity contribution in [1.82, 2.24) is 5.32 Å². The topological polar surface area (TPSA) is 78.8 Å². The monoisotopic (exact) mass is 224 g/mol. The molecular formula is C11H16N2O3. The van der Waals surface area contributed by atoms with Gasteiger partial charge in [-0.25, -0.2) is 0 Å². The molecule has 0 aromatic carbocycles. The van der Waals surface area contributed by atoms with E-state index < -0.39 is 5.97 Å². The Balaban J connectivity index is 2.03. The molecular weight excluding hydrogens is 208 g/mol. The van der Waals surface area contributed by atoms with Crippen molar-refractivity contribution in [3.8, 4) is 0 Å². The molecule has 0 spiro atoms. The van der Waals surface area contributed by atoms with Gasteiger partial charge in [-0.2, -0.15) is 0 Å². The molecule has 2 aliphatic rings. The summed E-state index contributed by atoms with van der Waals surface area (Å²) >= 11 is 0. The third-order valence-corrected chi connectivity index (χ3v) is 3.21. The van der Waals surface area contributed by atoms with Crippen molar-refractivity contribution in [1.29, 1.82) is 0 Å². The lowest BCUT2D eigenvalue weighted by atomic mass is 9.89. The van der Waals surface area contributed by atoms with Crippen molar-refractivity contribution >= 4 is 17.6 Å². The van der Waals surface area contributed by atoms with Crippen LogP contribution < -0.4 is 5.32 Å². The molecule has 88 valence electrons. The van der Waals surface area contributed by atoms with E-state index in [1.807, 2.05) is 0 Å². The average Bonchev–Trinajstić information content (AvgIpc) is 2.26. The molecule has 1 saturated carbocycles. The van der Waals surface area contributed by atoms with Gasteiger partial charge >= 0.3 is 5.97 Å². The first-order valence-corrected chi connectivity index (χ1v) is 5.76. The van der Waals surface area contributed by atoms with Gasteiger partial charge < -0.3 is 10.4 Å². The van der Waals surface area contributed by atoms with Crippen LogP contribution in [0.25, 0.3) is 0 Å². The van der Waals surface area contributed by atoms with Crippen LogP contribution in [0, 0.1) is 0 Å². The van der Waals surface area contributed by atoms with Crippen LogP contribution in [0.2, 0.25) is 0 Å². The van der Waals surface area contributed by atoms with Crippen LogP contribution in [-0.2, 0) is 9.59 Å². The highest BCUT2D eigenvalue weighted by atomic mass is 16.4. The van der Waals surface area contributed by atoms with Crippen LogP contribution in [0.1, 0.15) is 38.5 Å². The maximum absolute atomic E-state index is 11.6. The maximum Gasteiger partial charge on any atom is 0.303 e. The Morgan fingerprint density at radius 1 is 1.44 bits per heavy atom. The van der Waals surface area contributed by atoms with Crippen molar-refractivity contribution < 1.29 is 14.7 Å². The van der Waals surface area contributed by atoms with Gasteiger partial charge in [0.25, 0.3) is 5.91 Å². The van der Waals surface area contributed by atoms with Crippen LogP contribution in [0.3, 0.4) is 0 Å². The maximum atomic E-state index is 11.6. The van der Waals surface area contributed by atoms with Gasteiger partial charge in [-0.05, 0) is 12.8 Å². The van der Waals surface area contributed by atoms with Gasteiger partial charge in [-0.1, -0.05) is 12.8 Å². The lowest BCUT2D eigenvalue weighted by Crippen LogP contribution is -2.51. The third-order valence-electron chi connectivity index (χ3n) is 3.21. The molecule has 1 fully saturated rings. The molecule has 5 nitrogen and oxygen atoms in total. The van der Waals surface area contributed by atoms with Crippen molar-refractivity contribution in [3.63, 3.8) is 0 Å². The molecule has 1 aliphatic carbocycles. The molecule has 2 rings (SSSR count). The summed E-state index contributed by atoms with van der Waals surface area (Å²) in [6.45, 7) is 0. The van der Waals surface area contributed by atoms with E-state index in [4.69, 9.17) is 5.11 Å². The van der Waals surface area contributed by atoms with Crippen LogP contribution >= 0.6 is 0 Å². The van der Waals surface area contributed by atoms with Gasteiger partial charge in [0.2, 0.25) is 0 Å². The number of aliphatic carboxylic acids is 1. The molecule has 0 saturated heterocycles.